The van der Waals surface area contributed by atoms with Crippen LogP contribution in [0, 0.1) is 12.8 Å². The maximum Gasteiger partial charge on any atom is 0.348 e. The minimum Gasteiger partial charge on any atom is -0.478 e. The lowest BCUT2D eigenvalue weighted by atomic mass is 9.76. The minimum atomic E-state index is -1.05. The molecule has 1 aromatic rings. The largest absolute Gasteiger partial charge is 0.478 e. The summed E-state index contributed by atoms with van der Waals surface area (Å²) in [6.07, 6.45) is 3.52. The fourth-order valence-electron chi connectivity index (χ4n) is 2.72. The summed E-state index contributed by atoms with van der Waals surface area (Å²) < 4.78 is 5.90. The average molecular weight is 248 g/mol. The Morgan fingerprint density at radius 3 is 2.83 bits per heavy atom. The number of carboxylic acids is 1. The maximum atomic E-state index is 11.7. The molecule has 0 aromatic heterocycles. The SMILES string of the molecule is Cc1cccc(OC2(C(=O)O)CCCCC2C)c1. The van der Waals surface area contributed by atoms with Gasteiger partial charge in [0.2, 0.25) is 5.60 Å². The minimum absolute atomic E-state index is 0.0456. The van der Waals surface area contributed by atoms with Gasteiger partial charge in [-0.05, 0) is 43.9 Å². The standard InChI is InChI=1S/C15H20O3/c1-11-6-5-8-13(10-11)18-15(14(16)17)9-4-3-7-12(15)2/h5-6,8,10,12H,3-4,7,9H2,1-2H3,(H,16,17). The highest BCUT2D eigenvalue weighted by molar-refractivity contribution is 5.78. The van der Waals surface area contributed by atoms with Crippen molar-refractivity contribution in [3.05, 3.63) is 29.8 Å². The summed E-state index contributed by atoms with van der Waals surface area (Å²) in [5, 5.41) is 9.56. The molecular formula is C15H20O3. The molecule has 1 N–H and O–H groups in total. The van der Waals surface area contributed by atoms with E-state index < -0.39 is 11.6 Å². The van der Waals surface area contributed by atoms with Gasteiger partial charge in [0, 0.05) is 5.92 Å². The summed E-state index contributed by atoms with van der Waals surface area (Å²) in [6.45, 7) is 3.95. The van der Waals surface area contributed by atoms with Crippen molar-refractivity contribution in [1.82, 2.24) is 0 Å². The quantitative estimate of drug-likeness (QED) is 0.891. The lowest BCUT2D eigenvalue weighted by Gasteiger charge is -2.39. The summed E-state index contributed by atoms with van der Waals surface area (Å²) in [5.41, 5.74) is 0.0305. The van der Waals surface area contributed by atoms with Crippen LogP contribution in [0.2, 0.25) is 0 Å². The highest BCUT2D eigenvalue weighted by Crippen LogP contribution is 2.38. The van der Waals surface area contributed by atoms with E-state index in [1.54, 1.807) is 0 Å². The highest BCUT2D eigenvalue weighted by Gasteiger charge is 2.47. The van der Waals surface area contributed by atoms with Crippen LogP contribution in [0.1, 0.15) is 38.2 Å². The van der Waals surface area contributed by atoms with Gasteiger partial charge < -0.3 is 9.84 Å². The lowest BCUT2D eigenvalue weighted by molar-refractivity contribution is -0.163. The average Bonchev–Trinajstić information content (AvgIpc) is 2.32. The highest BCUT2D eigenvalue weighted by atomic mass is 16.5. The van der Waals surface area contributed by atoms with Crippen LogP contribution in [0.3, 0.4) is 0 Å². The van der Waals surface area contributed by atoms with Gasteiger partial charge in [0.1, 0.15) is 5.75 Å². The van der Waals surface area contributed by atoms with Crippen molar-refractivity contribution < 1.29 is 14.6 Å². The van der Waals surface area contributed by atoms with E-state index in [0.29, 0.717) is 12.2 Å². The molecule has 2 rings (SSSR count). The van der Waals surface area contributed by atoms with Crippen molar-refractivity contribution in [3.8, 4) is 5.75 Å². The molecular weight excluding hydrogens is 228 g/mol. The molecule has 2 atom stereocenters. The molecule has 1 aromatic carbocycles. The first-order valence-corrected chi connectivity index (χ1v) is 6.54. The summed E-state index contributed by atoms with van der Waals surface area (Å²) in [5.74, 6) is -0.133. The van der Waals surface area contributed by atoms with Crippen molar-refractivity contribution in [2.75, 3.05) is 0 Å². The van der Waals surface area contributed by atoms with Gasteiger partial charge in [-0.25, -0.2) is 4.79 Å². The molecule has 0 spiro atoms. The van der Waals surface area contributed by atoms with E-state index in [1.807, 2.05) is 38.1 Å². The predicted molar refractivity (Wildman–Crippen MR) is 69.8 cm³/mol. The van der Waals surface area contributed by atoms with Gasteiger partial charge in [-0.1, -0.05) is 25.5 Å². The Morgan fingerprint density at radius 2 is 2.22 bits per heavy atom. The molecule has 0 aliphatic heterocycles. The molecule has 0 saturated heterocycles. The zero-order valence-electron chi connectivity index (χ0n) is 11.0. The molecule has 0 heterocycles. The third-order valence-electron chi connectivity index (χ3n) is 3.88. The zero-order chi connectivity index (χ0) is 13.2. The molecule has 1 saturated carbocycles. The number of rotatable bonds is 3. The molecule has 3 heteroatoms. The molecule has 0 amide bonds. The summed E-state index contributed by atoms with van der Waals surface area (Å²) in [6, 6.07) is 7.60. The van der Waals surface area contributed by atoms with Gasteiger partial charge in [0.05, 0.1) is 0 Å². The van der Waals surface area contributed by atoms with E-state index in [2.05, 4.69) is 0 Å². The first kappa shape index (κ1) is 12.9. The number of benzene rings is 1. The van der Waals surface area contributed by atoms with Crippen LogP contribution < -0.4 is 4.74 Å². The van der Waals surface area contributed by atoms with Crippen molar-refractivity contribution in [1.29, 1.82) is 0 Å². The fourth-order valence-corrected chi connectivity index (χ4v) is 2.72. The Morgan fingerprint density at radius 1 is 1.44 bits per heavy atom. The van der Waals surface area contributed by atoms with Gasteiger partial charge in [-0.2, -0.15) is 0 Å². The fraction of sp³-hybridized carbons (Fsp3) is 0.533. The predicted octanol–water partition coefficient (Wildman–Crippen LogP) is 3.41. The number of carbonyl (C=O) groups is 1. The molecule has 2 unspecified atom stereocenters. The van der Waals surface area contributed by atoms with E-state index in [-0.39, 0.29) is 5.92 Å². The van der Waals surface area contributed by atoms with Crippen LogP contribution in [0.15, 0.2) is 24.3 Å². The summed E-state index contributed by atoms with van der Waals surface area (Å²) in [7, 11) is 0. The normalized spacial score (nSPS) is 27.8. The summed E-state index contributed by atoms with van der Waals surface area (Å²) >= 11 is 0. The Hall–Kier alpha value is -1.51. The van der Waals surface area contributed by atoms with E-state index in [4.69, 9.17) is 4.74 Å². The number of ether oxygens (including phenoxy) is 1. The lowest BCUT2D eigenvalue weighted by Crippen LogP contribution is -2.51. The molecule has 0 radical (unpaired) electrons. The van der Waals surface area contributed by atoms with Crippen LogP contribution in [-0.2, 0) is 4.79 Å². The topological polar surface area (TPSA) is 46.5 Å². The Balaban J connectivity index is 2.28. The second kappa shape index (κ2) is 5.01. The number of hydrogen-bond donors (Lipinski definition) is 1. The third kappa shape index (κ3) is 2.35. The van der Waals surface area contributed by atoms with Crippen molar-refractivity contribution in [2.24, 2.45) is 5.92 Å². The Bertz CT molecular complexity index is 441. The number of carboxylic acid groups (broad SMARTS) is 1. The van der Waals surface area contributed by atoms with Crippen molar-refractivity contribution in [2.45, 2.75) is 45.1 Å². The van der Waals surface area contributed by atoms with Gasteiger partial charge in [-0.3, -0.25) is 0 Å². The number of aryl methyl sites for hydroxylation is 1. The van der Waals surface area contributed by atoms with Gasteiger partial charge in [0.25, 0.3) is 0 Å². The molecule has 1 aliphatic carbocycles. The van der Waals surface area contributed by atoms with Crippen LogP contribution in [-0.4, -0.2) is 16.7 Å². The van der Waals surface area contributed by atoms with E-state index in [0.717, 1.165) is 24.8 Å². The van der Waals surface area contributed by atoms with Crippen molar-refractivity contribution >= 4 is 5.97 Å². The van der Waals surface area contributed by atoms with Crippen LogP contribution in [0.4, 0.5) is 0 Å². The summed E-state index contributed by atoms with van der Waals surface area (Å²) in [4.78, 5) is 11.7. The van der Waals surface area contributed by atoms with Crippen LogP contribution in [0.25, 0.3) is 0 Å². The Labute approximate surface area is 108 Å². The van der Waals surface area contributed by atoms with Crippen LogP contribution in [0.5, 0.6) is 5.75 Å². The van der Waals surface area contributed by atoms with E-state index in [9.17, 15) is 9.90 Å². The Kier molecular flexibility index (Phi) is 3.60. The monoisotopic (exact) mass is 248 g/mol. The second-order valence-corrected chi connectivity index (χ2v) is 5.26. The van der Waals surface area contributed by atoms with E-state index in [1.165, 1.54) is 0 Å². The molecule has 18 heavy (non-hydrogen) atoms. The molecule has 3 nitrogen and oxygen atoms in total. The smallest absolute Gasteiger partial charge is 0.348 e. The number of aliphatic carboxylic acids is 1. The first-order chi connectivity index (χ1) is 8.54. The maximum absolute atomic E-state index is 11.7. The second-order valence-electron chi connectivity index (χ2n) is 5.26. The van der Waals surface area contributed by atoms with Crippen LogP contribution >= 0.6 is 0 Å². The molecule has 1 fully saturated rings. The van der Waals surface area contributed by atoms with Crippen molar-refractivity contribution in [3.63, 3.8) is 0 Å². The molecule has 1 aliphatic rings. The zero-order valence-corrected chi connectivity index (χ0v) is 11.0. The van der Waals surface area contributed by atoms with E-state index >= 15 is 0 Å². The van der Waals surface area contributed by atoms with Gasteiger partial charge >= 0.3 is 5.97 Å². The van der Waals surface area contributed by atoms with Gasteiger partial charge in [-0.15, -0.1) is 0 Å². The van der Waals surface area contributed by atoms with Gasteiger partial charge in [0.15, 0.2) is 0 Å². The molecule has 98 valence electrons. The third-order valence-corrected chi connectivity index (χ3v) is 3.88. The molecule has 0 bridgehead atoms. The first-order valence-electron chi connectivity index (χ1n) is 6.54. The number of hydrogen-bond acceptors (Lipinski definition) is 2.